The van der Waals surface area contributed by atoms with Gasteiger partial charge < -0.3 is 5.73 Å². The molecule has 27 heavy (non-hydrogen) atoms. The highest BCUT2D eigenvalue weighted by Crippen LogP contribution is 2.34. The molecule has 3 rings (SSSR count). The molecule has 0 bridgehead atoms. The van der Waals surface area contributed by atoms with Crippen LogP contribution in [0.3, 0.4) is 0 Å². The first-order valence-electron chi connectivity index (χ1n) is 8.30. The summed E-state index contributed by atoms with van der Waals surface area (Å²) in [5, 5.41) is 0. The molecule has 140 valence electrons. The third-order valence-corrected chi connectivity index (χ3v) is 4.53. The molecule has 0 fully saturated rings. The molecule has 0 radical (unpaired) electrons. The molecule has 3 aromatic heterocycles. The molecule has 0 aromatic carbocycles. The number of pyridine rings is 2. The quantitative estimate of drug-likeness (QED) is 0.692. The van der Waals surface area contributed by atoms with Crippen LogP contribution >= 0.6 is 0 Å². The summed E-state index contributed by atoms with van der Waals surface area (Å²) in [5.74, 6) is 0.170. The van der Waals surface area contributed by atoms with Crippen LogP contribution in [0.25, 0.3) is 22.4 Å². The van der Waals surface area contributed by atoms with Gasteiger partial charge in [-0.2, -0.15) is 0 Å². The van der Waals surface area contributed by atoms with Crippen LogP contribution in [0.2, 0.25) is 0 Å². The SMILES string of the molecule is CCc1nc(N)nc(-c2cccnc2)c1-c1cnc(C)c(NS(C)(=O)=O)c1. The molecule has 3 aromatic rings. The minimum atomic E-state index is -3.43. The highest BCUT2D eigenvalue weighted by Gasteiger charge is 2.18. The highest BCUT2D eigenvalue weighted by molar-refractivity contribution is 7.92. The summed E-state index contributed by atoms with van der Waals surface area (Å²) < 4.78 is 25.8. The number of nitrogens with two attached hydrogens (primary N) is 1. The molecule has 0 aliphatic heterocycles. The number of nitrogens with zero attached hydrogens (tertiary/aromatic N) is 4. The number of aromatic nitrogens is 4. The van der Waals surface area contributed by atoms with Crippen LogP contribution in [-0.2, 0) is 16.4 Å². The van der Waals surface area contributed by atoms with Crippen molar-refractivity contribution in [2.75, 3.05) is 16.7 Å². The summed E-state index contributed by atoms with van der Waals surface area (Å²) in [6.45, 7) is 3.70. The van der Waals surface area contributed by atoms with Gasteiger partial charge in [0.15, 0.2) is 0 Å². The largest absolute Gasteiger partial charge is 0.368 e. The number of sulfonamides is 1. The molecule has 0 spiro atoms. The van der Waals surface area contributed by atoms with E-state index in [1.54, 1.807) is 31.6 Å². The molecule has 0 atom stereocenters. The molecule has 9 heteroatoms. The van der Waals surface area contributed by atoms with E-state index in [0.717, 1.165) is 23.1 Å². The summed E-state index contributed by atoms with van der Waals surface area (Å²) in [7, 11) is -3.43. The summed E-state index contributed by atoms with van der Waals surface area (Å²) in [6.07, 6.45) is 6.77. The second kappa shape index (κ2) is 7.28. The van der Waals surface area contributed by atoms with Crippen molar-refractivity contribution < 1.29 is 8.42 Å². The normalized spacial score (nSPS) is 11.4. The highest BCUT2D eigenvalue weighted by atomic mass is 32.2. The number of hydrogen-bond acceptors (Lipinski definition) is 7. The van der Waals surface area contributed by atoms with Crippen molar-refractivity contribution in [1.29, 1.82) is 0 Å². The Morgan fingerprint density at radius 3 is 2.59 bits per heavy atom. The topological polar surface area (TPSA) is 124 Å². The van der Waals surface area contributed by atoms with Gasteiger partial charge in [0.2, 0.25) is 16.0 Å². The first kappa shape index (κ1) is 18.7. The van der Waals surface area contributed by atoms with E-state index in [-0.39, 0.29) is 5.95 Å². The van der Waals surface area contributed by atoms with E-state index in [9.17, 15) is 8.42 Å². The van der Waals surface area contributed by atoms with E-state index in [2.05, 4.69) is 24.7 Å². The maximum absolute atomic E-state index is 11.7. The molecule has 3 N–H and O–H groups in total. The van der Waals surface area contributed by atoms with Gasteiger partial charge in [-0.25, -0.2) is 18.4 Å². The fourth-order valence-electron chi connectivity index (χ4n) is 2.77. The monoisotopic (exact) mass is 384 g/mol. The standard InChI is InChI=1S/C18H20N6O2S/c1-4-14-16(13-8-15(11(2)21-10-13)24-27(3,25)26)17(23-18(19)22-14)12-6-5-7-20-9-12/h5-10,24H,4H2,1-3H3,(H2,19,22,23). The summed E-state index contributed by atoms with van der Waals surface area (Å²) >= 11 is 0. The smallest absolute Gasteiger partial charge is 0.229 e. The first-order valence-corrected chi connectivity index (χ1v) is 10.2. The van der Waals surface area contributed by atoms with Crippen LogP contribution in [0.1, 0.15) is 18.3 Å². The van der Waals surface area contributed by atoms with Gasteiger partial charge in [0, 0.05) is 35.3 Å². The lowest BCUT2D eigenvalue weighted by Gasteiger charge is -2.15. The zero-order chi connectivity index (χ0) is 19.6. The zero-order valence-corrected chi connectivity index (χ0v) is 16.1. The average molecular weight is 384 g/mol. The van der Waals surface area contributed by atoms with Crippen LogP contribution in [0.4, 0.5) is 11.6 Å². The van der Waals surface area contributed by atoms with Gasteiger partial charge in [0.05, 0.1) is 29.0 Å². The van der Waals surface area contributed by atoms with Crippen molar-refractivity contribution >= 4 is 21.7 Å². The Balaban J connectivity index is 2.26. The second-order valence-electron chi connectivity index (χ2n) is 6.08. The number of nitrogen functional groups attached to an aromatic ring is 1. The maximum Gasteiger partial charge on any atom is 0.229 e. The summed E-state index contributed by atoms with van der Waals surface area (Å²) in [5.41, 5.74) is 10.5. The zero-order valence-electron chi connectivity index (χ0n) is 15.3. The lowest BCUT2D eigenvalue weighted by molar-refractivity contribution is 0.606. The first-order chi connectivity index (χ1) is 12.8. The van der Waals surface area contributed by atoms with Crippen LogP contribution < -0.4 is 10.5 Å². The van der Waals surface area contributed by atoms with Crippen molar-refractivity contribution in [2.45, 2.75) is 20.3 Å². The molecule has 8 nitrogen and oxygen atoms in total. The van der Waals surface area contributed by atoms with Gasteiger partial charge >= 0.3 is 0 Å². The molecule has 0 saturated heterocycles. The Bertz CT molecular complexity index is 1080. The minimum absolute atomic E-state index is 0.170. The molecule has 0 aliphatic carbocycles. The van der Waals surface area contributed by atoms with Gasteiger partial charge in [-0.15, -0.1) is 0 Å². The number of anilines is 2. The summed E-state index contributed by atoms with van der Waals surface area (Å²) in [6, 6.07) is 5.43. The van der Waals surface area contributed by atoms with Gasteiger partial charge in [-0.3, -0.25) is 14.7 Å². The van der Waals surface area contributed by atoms with E-state index >= 15 is 0 Å². The molecular weight excluding hydrogens is 364 g/mol. The molecular formula is C18H20N6O2S. The van der Waals surface area contributed by atoms with Crippen molar-refractivity contribution in [3.63, 3.8) is 0 Å². The Morgan fingerprint density at radius 1 is 1.19 bits per heavy atom. The summed E-state index contributed by atoms with van der Waals surface area (Å²) in [4.78, 5) is 17.3. The van der Waals surface area contributed by atoms with Crippen LogP contribution in [0.15, 0.2) is 36.8 Å². The second-order valence-corrected chi connectivity index (χ2v) is 7.83. The third-order valence-electron chi connectivity index (χ3n) is 3.94. The van der Waals surface area contributed by atoms with E-state index in [4.69, 9.17) is 5.73 Å². The predicted octanol–water partition coefficient (Wildman–Crippen LogP) is 2.43. The van der Waals surface area contributed by atoms with Crippen molar-refractivity contribution in [3.8, 4) is 22.4 Å². The molecule has 3 heterocycles. The molecule has 0 saturated carbocycles. The number of rotatable bonds is 5. The Morgan fingerprint density at radius 2 is 1.96 bits per heavy atom. The third kappa shape index (κ3) is 4.20. The number of hydrogen-bond donors (Lipinski definition) is 2. The average Bonchev–Trinajstić information content (AvgIpc) is 2.62. The molecule has 0 unspecified atom stereocenters. The lowest BCUT2D eigenvalue weighted by atomic mass is 9.98. The number of aryl methyl sites for hydroxylation is 2. The minimum Gasteiger partial charge on any atom is -0.368 e. The van der Waals surface area contributed by atoms with Crippen LogP contribution in [-0.4, -0.2) is 34.6 Å². The maximum atomic E-state index is 11.7. The van der Waals surface area contributed by atoms with Gasteiger partial charge in [0.1, 0.15) is 0 Å². The van der Waals surface area contributed by atoms with Gasteiger partial charge in [-0.05, 0) is 31.5 Å². The van der Waals surface area contributed by atoms with Gasteiger partial charge in [-0.1, -0.05) is 6.92 Å². The van der Waals surface area contributed by atoms with E-state index in [1.807, 2.05) is 19.1 Å². The number of nitrogens with one attached hydrogen (secondary N) is 1. The Kier molecular flexibility index (Phi) is 5.04. The van der Waals surface area contributed by atoms with Crippen LogP contribution in [0.5, 0.6) is 0 Å². The predicted molar refractivity (Wildman–Crippen MR) is 105 cm³/mol. The fraction of sp³-hybridized carbons (Fsp3) is 0.222. The lowest BCUT2D eigenvalue weighted by Crippen LogP contribution is -2.11. The fourth-order valence-corrected chi connectivity index (χ4v) is 3.38. The van der Waals surface area contributed by atoms with Crippen molar-refractivity contribution in [1.82, 2.24) is 19.9 Å². The van der Waals surface area contributed by atoms with Crippen LogP contribution in [0, 0.1) is 6.92 Å². The Labute approximate surface area is 158 Å². The van der Waals surface area contributed by atoms with E-state index < -0.39 is 10.0 Å². The van der Waals surface area contributed by atoms with Crippen molar-refractivity contribution in [3.05, 3.63) is 48.2 Å². The van der Waals surface area contributed by atoms with Gasteiger partial charge in [0.25, 0.3) is 0 Å². The van der Waals surface area contributed by atoms with E-state index in [0.29, 0.717) is 29.1 Å². The molecule has 0 aliphatic rings. The van der Waals surface area contributed by atoms with E-state index in [1.165, 1.54) is 0 Å². The van der Waals surface area contributed by atoms with Crippen molar-refractivity contribution in [2.24, 2.45) is 0 Å². The Hall–Kier alpha value is -3.07. The molecule has 0 amide bonds.